The third-order valence-electron chi connectivity index (χ3n) is 4.72. The van der Waals surface area contributed by atoms with Crippen molar-refractivity contribution in [2.75, 3.05) is 31.6 Å². The van der Waals surface area contributed by atoms with E-state index < -0.39 is 15.9 Å². The highest BCUT2D eigenvalue weighted by molar-refractivity contribution is 9.11. The lowest BCUT2D eigenvalue weighted by Crippen LogP contribution is -2.43. The SMILES string of the molecule is CCOc1ccc(OCC)c(NC(=O)C2CCCN(S(=O)(=O)c3ccc(Br)s3)C2)c1. The quantitative estimate of drug-likeness (QED) is 0.563. The summed E-state index contributed by atoms with van der Waals surface area (Å²) in [6.45, 7) is 5.29. The van der Waals surface area contributed by atoms with Crippen molar-refractivity contribution in [3.8, 4) is 11.5 Å². The topological polar surface area (TPSA) is 84.9 Å². The number of hydrogen-bond donors (Lipinski definition) is 1. The standard InChI is InChI=1S/C20H25BrN2O5S2/c1-3-27-15-7-8-17(28-4-2)16(12-15)22-20(24)14-6-5-11-23(13-14)30(25,26)19-10-9-18(21)29-19/h7-10,12,14H,3-6,11,13H2,1-2H3,(H,22,24). The summed E-state index contributed by atoms with van der Waals surface area (Å²) in [6, 6.07) is 8.58. The van der Waals surface area contributed by atoms with Gasteiger partial charge in [0.1, 0.15) is 15.7 Å². The Morgan fingerprint density at radius 1 is 1.23 bits per heavy atom. The zero-order chi connectivity index (χ0) is 21.7. The lowest BCUT2D eigenvalue weighted by Gasteiger charge is -2.31. The second kappa shape index (κ2) is 10.1. The third-order valence-corrected chi connectivity index (χ3v) is 8.67. The molecule has 0 spiro atoms. The number of thiophene rings is 1. The number of carbonyl (C=O) groups excluding carboxylic acids is 1. The summed E-state index contributed by atoms with van der Waals surface area (Å²) in [7, 11) is -3.61. The van der Waals surface area contributed by atoms with Crippen molar-refractivity contribution in [2.45, 2.75) is 30.9 Å². The van der Waals surface area contributed by atoms with Gasteiger partial charge in [0.15, 0.2) is 0 Å². The van der Waals surface area contributed by atoms with Crippen LogP contribution in [0.3, 0.4) is 0 Å². The fourth-order valence-electron chi connectivity index (χ4n) is 3.32. The molecule has 0 bridgehead atoms. The maximum Gasteiger partial charge on any atom is 0.252 e. The molecule has 7 nitrogen and oxygen atoms in total. The first-order chi connectivity index (χ1) is 14.3. The summed E-state index contributed by atoms with van der Waals surface area (Å²) in [4.78, 5) is 13.0. The fourth-order valence-corrected chi connectivity index (χ4v) is 7.01. The van der Waals surface area contributed by atoms with Gasteiger partial charge in [0.25, 0.3) is 10.0 Å². The number of ether oxygens (including phenoxy) is 2. The maximum atomic E-state index is 13.0. The van der Waals surface area contributed by atoms with Gasteiger partial charge in [0.2, 0.25) is 5.91 Å². The molecule has 2 heterocycles. The molecule has 1 fully saturated rings. The van der Waals surface area contributed by atoms with Gasteiger partial charge in [-0.25, -0.2) is 8.42 Å². The molecule has 30 heavy (non-hydrogen) atoms. The minimum Gasteiger partial charge on any atom is -0.494 e. The Labute approximate surface area is 189 Å². The highest BCUT2D eigenvalue weighted by Crippen LogP contribution is 2.33. The number of anilines is 1. The van der Waals surface area contributed by atoms with Crippen LogP contribution in [0.25, 0.3) is 0 Å². The highest BCUT2D eigenvalue weighted by Gasteiger charge is 2.34. The lowest BCUT2D eigenvalue weighted by atomic mass is 9.98. The maximum absolute atomic E-state index is 13.0. The Morgan fingerprint density at radius 3 is 2.67 bits per heavy atom. The van der Waals surface area contributed by atoms with Crippen LogP contribution in [-0.2, 0) is 14.8 Å². The first-order valence-electron chi connectivity index (χ1n) is 9.81. The molecule has 0 radical (unpaired) electrons. The number of carbonyl (C=O) groups is 1. The highest BCUT2D eigenvalue weighted by atomic mass is 79.9. The molecule has 1 amide bonds. The predicted octanol–water partition coefficient (Wildman–Crippen LogP) is 4.35. The molecular weight excluding hydrogens is 492 g/mol. The molecule has 0 aliphatic carbocycles. The third kappa shape index (κ3) is 5.35. The zero-order valence-corrected chi connectivity index (χ0v) is 20.1. The van der Waals surface area contributed by atoms with Crippen molar-refractivity contribution in [2.24, 2.45) is 5.92 Å². The van der Waals surface area contributed by atoms with E-state index in [2.05, 4.69) is 21.2 Å². The Hall–Kier alpha value is -1.62. The number of amides is 1. The summed E-state index contributed by atoms with van der Waals surface area (Å²) >= 11 is 4.48. The first-order valence-corrected chi connectivity index (χ1v) is 12.9. The summed E-state index contributed by atoms with van der Waals surface area (Å²) in [5.74, 6) is 0.518. The van der Waals surface area contributed by atoms with Gasteiger partial charge in [-0.15, -0.1) is 11.3 Å². The molecule has 1 N–H and O–H groups in total. The molecule has 164 valence electrons. The van der Waals surface area contributed by atoms with Gasteiger partial charge in [-0.2, -0.15) is 4.31 Å². The molecule has 1 unspecified atom stereocenters. The second-order valence-corrected chi connectivity index (χ2v) is 11.4. The number of rotatable bonds is 8. The van der Waals surface area contributed by atoms with Gasteiger partial charge < -0.3 is 14.8 Å². The van der Waals surface area contributed by atoms with Gasteiger partial charge in [0, 0.05) is 19.2 Å². The molecule has 10 heteroatoms. The summed E-state index contributed by atoms with van der Waals surface area (Å²) in [5, 5.41) is 2.91. The number of hydrogen-bond acceptors (Lipinski definition) is 6. The number of nitrogens with one attached hydrogen (secondary N) is 1. The van der Waals surface area contributed by atoms with Gasteiger partial charge >= 0.3 is 0 Å². The number of piperidine rings is 1. The first kappa shape index (κ1) is 23.1. The molecule has 1 aliphatic rings. The average Bonchev–Trinajstić information content (AvgIpc) is 3.17. The Bertz CT molecular complexity index is 993. The van der Waals surface area contributed by atoms with Gasteiger partial charge in [-0.1, -0.05) is 0 Å². The van der Waals surface area contributed by atoms with Crippen LogP contribution in [0.5, 0.6) is 11.5 Å². The number of nitrogens with zero attached hydrogens (tertiary/aromatic N) is 1. The van der Waals surface area contributed by atoms with E-state index in [4.69, 9.17) is 9.47 Å². The van der Waals surface area contributed by atoms with Crippen LogP contribution in [0.1, 0.15) is 26.7 Å². The van der Waals surface area contributed by atoms with Crippen molar-refractivity contribution in [3.05, 3.63) is 34.1 Å². The molecule has 1 atom stereocenters. The van der Waals surface area contributed by atoms with Gasteiger partial charge in [-0.05, 0) is 66.9 Å². The monoisotopic (exact) mass is 516 g/mol. The average molecular weight is 517 g/mol. The van der Waals surface area contributed by atoms with E-state index in [0.29, 0.717) is 49.8 Å². The largest absolute Gasteiger partial charge is 0.494 e. The number of benzene rings is 1. The fraction of sp³-hybridized carbons (Fsp3) is 0.450. The van der Waals surface area contributed by atoms with Crippen molar-refractivity contribution >= 4 is 48.9 Å². The predicted molar refractivity (Wildman–Crippen MR) is 121 cm³/mol. The van der Waals surface area contributed by atoms with E-state index in [9.17, 15) is 13.2 Å². The van der Waals surface area contributed by atoms with Crippen LogP contribution in [-0.4, -0.2) is 44.9 Å². The zero-order valence-electron chi connectivity index (χ0n) is 16.9. The smallest absolute Gasteiger partial charge is 0.252 e. The Kier molecular flexibility index (Phi) is 7.78. The van der Waals surface area contributed by atoms with Crippen LogP contribution in [0.15, 0.2) is 38.3 Å². The lowest BCUT2D eigenvalue weighted by molar-refractivity contribution is -0.120. The van der Waals surface area contributed by atoms with Crippen molar-refractivity contribution in [3.63, 3.8) is 0 Å². The molecular formula is C20H25BrN2O5S2. The summed E-state index contributed by atoms with van der Waals surface area (Å²) in [5.41, 5.74) is 0.523. The van der Waals surface area contributed by atoms with E-state index in [1.807, 2.05) is 13.8 Å². The van der Waals surface area contributed by atoms with Crippen LogP contribution < -0.4 is 14.8 Å². The van der Waals surface area contributed by atoms with Crippen LogP contribution in [0.4, 0.5) is 5.69 Å². The molecule has 2 aromatic rings. The van der Waals surface area contributed by atoms with E-state index in [1.54, 1.807) is 30.3 Å². The summed E-state index contributed by atoms with van der Waals surface area (Å²) in [6.07, 6.45) is 1.25. The molecule has 1 aliphatic heterocycles. The Morgan fingerprint density at radius 2 is 2.00 bits per heavy atom. The molecule has 1 aromatic heterocycles. The minimum atomic E-state index is -3.61. The van der Waals surface area contributed by atoms with E-state index >= 15 is 0 Å². The van der Waals surface area contributed by atoms with Crippen LogP contribution in [0, 0.1) is 5.92 Å². The van der Waals surface area contributed by atoms with Crippen LogP contribution >= 0.6 is 27.3 Å². The van der Waals surface area contributed by atoms with Crippen molar-refractivity contribution in [1.29, 1.82) is 0 Å². The second-order valence-electron chi connectivity index (χ2n) is 6.77. The van der Waals surface area contributed by atoms with E-state index in [-0.39, 0.29) is 16.7 Å². The molecule has 1 aromatic carbocycles. The van der Waals surface area contributed by atoms with E-state index in [1.165, 1.54) is 15.6 Å². The minimum absolute atomic E-state index is 0.152. The van der Waals surface area contributed by atoms with Crippen molar-refractivity contribution in [1.82, 2.24) is 4.31 Å². The Balaban J connectivity index is 1.75. The molecule has 3 rings (SSSR count). The van der Waals surface area contributed by atoms with Gasteiger partial charge in [-0.3, -0.25) is 4.79 Å². The number of halogens is 1. The van der Waals surface area contributed by atoms with E-state index in [0.717, 1.165) is 3.79 Å². The normalized spacial score (nSPS) is 17.5. The van der Waals surface area contributed by atoms with Crippen LogP contribution in [0.2, 0.25) is 0 Å². The molecule has 1 saturated heterocycles. The van der Waals surface area contributed by atoms with Crippen molar-refractivity contribution < 1.29 is 22.7 Å². The molecule has 0 saturated carbocycles. The summed E-state index contributed by atoms with van der Waals surface area (Å²) < 4.78 is 39.4. The van der Waals surface area contributed by atoms with Gasteiger partial charge in [0.05, 0.1) is 28.6 Å². The number of sulfonamides is 1.